The van der Waals surface area contributed by atoms with Crippen LogP contribution < -0.4 is 10.9 Å². The zero-order valence-electron chi connectivity index (χ0n) is 19.6. The number of hydrogen-bond donors (Lipinski definition) is 1. The number of nitrogens with zero attached hydrogens (tertiary/aromatic N) is 3. The summed E-state index contributed by atoms with van der Waals surface area (Å²) in [6.45, 7) is 2.24. The first-order chi connectivity index (χ1) is 16.3. The number of unbranched alkanes of at least 4 members (excludes halogenated alkanes) is 1. The van der Waals surface area contributed by atoms with Crippen molar-refractivity contribution < 1.29 is 18.3 Å². The SMILES string of the molecule is COCCCCN(C)C.O=CNc1cccc(Cn2nc(-c3ccc(F)c(F)c3)ccc2=O)c1. The normalized spacial score (nSPS) is 10.5. The topological polar surface area (TPSA) is 76.5 Å². The van der Waals surface area contributed by atoms with Crippen LogP contribution >= 0.6 is 0 Å². The number of benzene rings is 2. The lowest BCUT2D eigenvalue weighted by atomic mass is 10.1. The molecular formula is C25H30F2N4O3. The smallest absolute Gasteiger partial charge is 0.267 e. The van der Waals surface area contributed by atoms with Gasteiger partial charge < -0.3 is 15.0 Å². The molecule has 0 aliphatic carbocycles. The van der Waals surface area contributed by atoms with Crippen molar-refractivity contribution in [2.75, 3.05) is 39.7 Å². The highest BCUT2D eigenvalue weighted by Gasteiger charge is 2.08. The van der Waals surface area contributed by atoms with Gasteiger partial charge in [-0.05, 0) is 75.4 Å². The molecule has 0 aliphatic rings. The maximum atomic E-state index is 13.4. The molecule has 0 saturated heterocycles. The summed E-state index contributed by atoms with van der Waals surface area (Å²) in [5.41, 5.74) is 1.73. The van der Waals surface area contributed by atoms with Crippen molar-refractivity contribution in [3.63, 3.8) is 0 Å². The molecule has 0 aliphatic heterocycles. The van der Waals surface area contributed by atoms with Crippen molar-refractivity contribution >= 4 is 12.1 Å². The van der Waals surface area contributed by atoms with Gasteiger partial charge in [0.05, 0.1) is 12.2 Å². The predicted molar refractivity (Wildman–Crippen MR) is 129 cm³/mol. The summed E-state index contributed by atoms with van der Waals surface area (Å²) in [6.07, 6.45) is 2.97. The average molecular weight is 473 g/mol. The molecule has 182 valence electrons. The van der Waals surface area contributed by atoms with E-state index in [-0.39, 0.29) is 12.1 Å². The zero-order chi connectivity index (χ0) is 24.9. The number of nitrogens with one attached hydrogen (secondary N) is 1. The van der Waals surface area contributed by atoms with Crippen LogP contribution in [-0.4, -0.2) is 55.4 Å². The maximum absolute atomic E-state index is 13.4. The van der Waals surface area contributed by atoms with Crippen molar-refractivity contribution in [3.05, 3.63) is 82.1 Å². The number of methoxy groups -OCH3 is 1. The third kappa shape index (κ3) is 8.84. The van der Waals surface area contributed by atoms with Crippen LogP contribution in [-0.2, 0) is 16.1 Å². The van der Waals surface area contributed by atoms with Gasteiger partial charge in [0.1, 0.15) is 0 Å². The van der Waals surface area contributed by atoms with Crippen LogP contribution in [0.4, 0.5) is 14.5 Å². The van der Waals surface area contributed by atoms with Crippen LogP contribution in [0.3, 0.4) is 0 Å². The molecule has 1 heterocycles. The van der Waals surface area contributed by atoms with E-state index in [1.165, 1.54) is 42.3 Å². The Morgan fingerprint density at radius 1 is 1.06 bits per heavy atom. The summed E-state index contributed by atoms with van der Waals surface area (Å²) in [5.74, 6) is -1.93. The number of halogens is 2. The van der Waals surface area contributed by atoms with Crippen molar-refractivity contribution in [3.8, 4) is 11.3 Å². The Kier molecular flexibility index (Phi) is 11.0. The van der Waals surface area contributed by atoms with Crippen molar-refractivity contribution in [1.29, 1.82) is 0 Å². The summed E-state index contributed by atoms with van der Waals surface area (Å²) in [7, 11) is 5.93. The van der Waals surface area contributed by atoms with Gasteiger partial charge >= 0.3 is 0 Å². The summed E-state index contributed by atoms with van der Waals surface area (Å²) < 4.78 is 32.6. The molecule has 9 heteroatoms. The molecule has 0 unspecified atom stereocenters. The summed E-state index contributed by atoms with van der Waals surface area (Å²) in [6, 6.07) is 13.2. The maximum Gasteiger partial charge on any atom is 0.267 e. The lowest BCUT2D eigenvalue weighted by Crippen LogP contribution is -2.22. The van der Waals surface area contributed by atoms with E-state index in [9.17, 15) is 18.4 Å². The fourth-order valence-corrected chi connectivity index (χ4v) is 3.05. The summed E-state index contributed by atoms with van der Waals surface area (Å²) in [5, 5.41) is 6.74. The molecule has 3 aromatic rings. The monoisotopic (exact) mass is 472 g/mol. The highest BCUT2D eigenvalue weighted by atomic mass is 19.2. The molecular weight excluding hydrogens is 442 g/mol. The molecule has 34 heavy (non-hydrogen) atoms. The second-order valence-electron chi connectivity index (χ2n) is 7.81. The van der Waals surface area contributed by atoms with Crippen LogP contribution in [0.1, 0.15) is 18.4 Å². The van der Waals surface area contributed by atoms with Crippen LogP contribution in [0, 0.1) is 11.6 Å². The van der Waals surface area contributed by atoms with Gasteiger partial charge in [-0.15, -0.1) is 0 Å². The lowest BCUT2D eigenvalue weighted by molar-refractivity contribution is -0.105. The predicted octanol–water partition coefficient (Wildman–Crippen LogP) is 3.78. The van der Waals surface area contributed by atoms with Gasteiger partial charge in [0.15, 0.2) is 11.6 Å². The Morgan fingerprint density at radius 2 is 1.85 bits per heavy atom. The van der Waals surface area contributed by atoms with E-state index in [1.807, 2.05) is 0 Å². The van der Waals surface area contributed by atoms with Gasteiger partial charge in [-0.3, -0.25) is 9.59 Å². The van der Waals surface area contributed by atoms with E-state index >= 15 is 0 Å². The number of amides is 1. The Bertz CT molecular complexity index is 1120. The van der Waals surface area contributed by atoms with E-state index in [2.05, 4.69) is 29.4 Å². The van der Waals surface area contributed by atoms with Gasteiger partial charge in [-0.1, -0.05) is 12.1 Å². The van der Waals surface area contributed by atoms with E-state index in [0.29, 0.717) is 23.4 Å². The van der Waals surface area contributed by atoms with E-state index in [4.69, 9.17) is 4.74 Å². The minimum atomic E-state index is -0.982. The number of anilines is 1. The number of hydrogen-bond acceptors (Lipinski definition) is 5. The Labute approximate surface area is 198 Å². The molecule has 0 radical (unpaired) electrons. The minimum absolute atomic E-state index is 0.171. The molecule has 1 amide bonds. The van der Waals surface area contributed by atoms with Crippen LogP contribution in [0.2, 0.25) is 0 Å². The van der Waals surface area contributed by atoms with Crippen LogP contribution in [0.25, 0.3) is 11.3 Å². The van der Waals surface area contributed by atoms with Crippen LogP contribution in [0.15, 0.2) is 59.4 Å². The largest absolute Gasteiger partial charge is 0.385 e. The molecule has 0 atom stereocenters. The number of ether oxygens (including phenoxy) is 1. The first kappa shape index (κ1) is 26.8. The third-order valence-electron chi connectivity index (χ3n) is 4.77. The third-order valence-corrected chi connectivity index (χ3v) is 4.77. The standard InChI is InChI=1S/C18H13F2N3O2.C7H17NO/c19-15-5-4-13(9-16(15)20)17-6-7-18(25)23(22-17)10-12-2-1-3-14(8-12)21-11-24;1-8(2)6-4-5-7-9-3/h1-9,11H,10H2,(H,21,24);4-7H2,1-3H3. The van der Waals surface area contributed by atoms with E-state index in [0.717, 1.165) is 24.3 Å². The fourth-order valence-electron chi connectivity index (χ4n) is 3.05. The van der Waals surface area contributed by atoms with Gasteiger partial charge in [-0.25, -0.2) is 13.5 Å². The highest BCUT2D eigenvalue weighted by molar-refractivity contribution is 5.71. The average Bonchev–Trinajstić information content (AvgIpc) is 2.81. The first-order valence-corrected chi connectivity index (χ1v) is 10.8. The fraction of sp³-hybridized carbons (Fsp3) is 0.320. The number of rotatable bonds is 10. The number of carbonyl (C=O) groups is 1. The van der Waals surface area contributed by atoms with Crippen molar-refractivity contribution in [2.45, 2.75) is 19.4 Å². The van der Waals surface area contributed by atoms with E-state index in [1.54, 1.807) is 31.4 Å². The molecule has 0 spiro atoms. The Hall–Kier alpha value is -3.43. The summed E-state index contributed by atoms with van der Waals surface area (Å²) >= 11 is 0. The second-order valence-corrected chi connectivity index (χ2v) is 7.81. The van der Waals surface area contributed by atoms with Gasteiger partial charge in [-0.2, -0.15) is 5.10 Å². The Balaban J connectivity index is 0.000000387. The molecule has 7 nitrogen and oxygen atoms in total. The van der Waals surface area contributed by atoms with Gasteiger partial charge in [0.25, 0.3) is 5.56 Å². The van der Waals surface area contributed by atoms with Crippen LogP contribution in [0.5, 0.6) is 0 Å². The molecule has 3 rings (SSSR count). The van der Waals surface area contributed by atoms with Gasteiger partial charge in [0.2, 0.25) is 6.41 Å². The summed E-state index contributed by atoms with van der Waals surface area (Å²) in [4.78, 5) is 24.7. The molecule has 2 aromatic carbocycles. The van der Waals surface area contributed by atoms with E-state index < -0.39 is 11.6 Å². The highest BCUT2D eigenvalue weighted by Crippen LogP contribution is 2.19. The molecule has 1 N–H and O–H groups in total. The molecule has 0 saturated carbocycles. The van der Waals surface area contributed by atoms with Gasteiger partial charge in [0, 0.05) is 31.0 Å². The van der Waals surface area contributed by atoms with Crippen molar-refractivity contribution in [2.24, 2.45) is 0 Å². The lowest BCUT2D eigenvalue weighted by Gasteiger charge is -2.09. The first-order valence-electron chi connectivity index (χ1n) is 10.8. The molecule has 0 bridgehead atoms. The molecule has 1 aromatic heterocycles. The zero-order valence-corrected chi connectivity index (χ0v) is 19.6. The minimum Gasteiger partial charge on any atom is -0.385 e. The number of aromatic nitrogens is 2. The second kappa shape index (κ2) is 14.0. The quantitative estimate of drug-likeness (QED) is 0.359. The van der Waals surface area contributed by atoms with Crippen molar-refractivity contribution in [1.82, 2.24) is 14.7 Å². The number of carbonyl (C=O) groups excluding carboxylic acids is 1. The molecule has 0 fully saturated rings. The Morgan fingerprint density at radius 3 is 2.53 bits per heavy atom.